The molecule has 0 spiro atoms. The van der Waals surface area contributed by atoms with Crippen LogP contribution in [0, 0.1) is 5.92 Å². The molecular formula is C15H22N2O2. The number of carboxylic acids is 1. The Morgan fingerprint density at radius 3 is 2.42 bits per heavy atom. The van der Waals surface area contributed by atoms with Crippen molar-refractivity contribution in [1.29, 1.82) is 0 Å². The predicted octanol–water partition coefficient (Wildman–Crippen LogP) is 2.53. The SMILES string of the molecule is CC(Nc1ccc(C(=O)O)cc1)C1CCN(C)CC1. The Labute approximate surface area is 114 Å². The van der Waals surface area contributed by atoms with E-state index < -0.39 is 5.97 Å². The molecule has 0 aliphatic carbocycles. The molecule has 0 saturated carbocycles. The van der Waals surface area contributed by atoms with Gasteiger partial charge in [0.15, 0.2) is 0 Å². The minimum Gasteiger partial charge on any atom is -0.478 e. The molecule has 1 fully saturated rings. The normalized spacial score (nSPS) is 19.1. The van der Waals surface area contributed by atoms with E-state index in [1.807, 2.05) is 12.1 Å². The van der Waals surface area contributed by atoms with Gasteiger partial charge in [-0.25, -0.2) is 4.79 Å². The summed E-state index contributed by atoms with van der Waals surface area (Å²) in [5.74, 6) is -0.190. The monoisotopic (exact) mass is 262 g/mol. The van der Waals surface area contributed by atoms with Crippen LogP contribution in [0.2, 0.25) is 0 Å². The van der Waals surface area contributed by atoms with Gasteiger partial charge in [0.25, 0.3) is 0 Å². The average Bonchev–Trinajstić information content (AvgIpc) is 2.40. The Hall–Kier alpha value is -1.55. The van der Waals surface area contributed by atoms with Crippen LogP contribution in [0.15, 0.2) is 24.3 Å². The number of piperidine rings is 1. The van der Waals surface area contributed by atoms with Crippen LogP contribution in [-0.2, 0) is 0 Å². The van der Waals surface area contributed by atoms with Crippen molar-refractivity contribution < 1.29 is 9.90 Å². The van der Waals surface area contributed by atoms with Gasteiger partial charge in [0, 0.05) is 11.7 Å². The fourth-order valence-electron chi connectivity index (χ4n) is 2.62. The van der Waals surface area contributed by atoms with Gasteiger partial charge in [0.2, 0.25) is 0 Å². The second-order valence-corrected chi connectivity index (χ2v) is 5.46. The highest BCUT2D eigenvalue weighted by Gasteiger charge is 2.22. The molecule has 1 aromatic carbocycles. The van der Waals surface area contributed by atoms with Crippen molar-refractivity contribution in [1.82, 2.24) is 4.90 Å². The Morgan fingerprint density at radius 2 is 1.89 bits per heavy atom. The van der Waals surface area contributed by atoms with Crippen LogP contribution >= 0.6 is 0 Å². The minimum atomic E-state index is -0.880. The molecule has 2 N–H and O–H groups in total. The molecule has 1 atom stereocenters. The number of aromatic carboxylic acids is 1. The topological polar surface area (TPSA) is 52.6 Å². The Kier molecular flexibility index (Phi) is 4.43. The number of nitrogens with zero attached hydrogens (tertiary/aromatic N) is 1. The van der Waals surface area contributed by atoms with Gasteiger partial charge in [0.1, 0.15) is 0 Å². The zero-order chi connectivity index (χ0) is 13.8. The number of carbonyl (C=O) groups is 1. The Morgan fingerprint density at radius 1 is 1.32 bits per heavy atom. The summed E-state index contributed by atoms with van der Waals surface area (Å²) in [4.78, 5) is 13.2. The summed E-state index contributed by atoms with van der Waals surface area (Å²) in [6, 6.07) is 7.39. The molecule has 0 radical (unpaired) electrons. The summed E-state index contributed by atoms with van der Waals surface area (Å²) in [6.45, 7) is 4.53. The lowest BCUT2D eigenvalue weighted by Crippen LogP contribution is -2.37. The minimum absolute atomic E-state index is 0.331. The van der Waals surface area contributed by atoms with E-state index in [2.05, 4.69) is 24.2 Å². The van der Waals surface area contributed by atoms with E-state index in [0.717, 1.165) is 18.8 Å². The Balaban J connectivity index is 1.91. The van der Waals surface area contributed by atoms with Gasteiger partial charge in [-0.1, -0.05) is 0 Å². The first-order chi connectivity index (χ1) is 9.06. The molecule has 0 bridgehead atoms. The van der Waals surface area contributed by atoms with Gasteiger partial charge in [-0.15, -0.1) is 0 Å². The van der Waals surface area contributed by atoms with Crippen molar-refractivity contribution in [3.63, 3.8) is 0 Å². The van der Waals surface area contributed by atoms with Crippen molar-refractivity contribution in [2.75, 3.05) is 25.5 Å². The first kappa shape index (κ1) is 13.9. The molecule has 1 aliphatic rings. The van der Waals surface area contributed by atoms with Crippen LogP contribution in [0.3, 0.4) is 0 Å². The van der Waals surface area contributed by atoms with Crippen LogP contribution in [0.1, 0.15) is 30.1 Å². The summed E-state index contributed by atoms with van der Waals surface area (Å²) < 4.78 is 0. The van der Waals surface area contributed by atoms with Crippen LogP contribution in [0.5, 0.6) is 0 Å². The van der Waals surface area contributed by atoms with Crippen molar-refractivity contribution in [3.8, 4) is 0 Å². The molecule has 1 unspecified atom stereocenters. The standard InChI is InChI=1S/C15H22N2O2/c1-11(12-7-9-17(2)10-8-12)16-14-5-3-13(4-6-14)15(18)19/h3-6,11-12,16H,7-10H2,1-2H3,(H,18,19). The number of hydrogen-bond acceptors (Lipinski definition) is 3. The lowest BCUT2D eigenvalue weighted by molar-refractivity contribution is 0.0697. The highest BCUT2D eigenvalue weighted by atomic mass is 16.4. The lowest BCUT2D eigenvalue weighted by Gasteiger charge is -2.33. The van der Waals surface area contributed by atoms with E-state index in [9.17, 15) is 4.79 Å². The zero-order valence-corrected chi connectivity index (χ0v) is 11.6. The van der Waals surface area contributed by atoms with Crippen LogP contribution in [-0.4, -0.2) is 42.2 Å². The largest absolute Gasteiger partial charge is 0.478 e. The third-order valence-corrected chi connectivity index (χ3v) is 4.00. The first-order valence-electron chi connectivity index (χ1n) is 6.84. The van der Waals surface area contributed by atoms with E-state index in [1.165, 1.54) is 12.8 Å². The average molecular weight is 262 g/mol. The third-order valence-electron chi connectivity index (χ3n) is 4.00. The van der Waals surface area contributed by atoms with Crippen molar-refractivity contribution >= 4 is 11.7 Å². The number of nitrogens with one attached hydrogen (secondary N) is 1. The highest BCUT2D eigenvalue weighted by molar-refractivity contribution is 5.87. The van der Waals surface area contributed by atoms with Crippen molar-refractivity contribution in [3.05, 3.63) is 29.8 Å². The molecule has 1 saturated heterocycles. The maximum Gasteiger partial charge on any atom is 0.335 e. The van der Waals surface area contributed by atoms with Crippen LogP contribution in [0.4, 0.5) is 5.69 Å². The van der Waals surface area contributed by atoms with Crippen molar-refractivity contribution in [2.24, 2.45) is 5.92 Å². The predicted molar refractivity (Wildman–Crippen MR) is 76.7 cm³/mol. The summed E-state index contributed by atoms with van der Waals surface area (Å²) in [6.07, 6.45) is 2.44. The molecule has 19 heavy (non-hydrogen) atoms. The van der Waals surface area contributed by atoms with E-state index in [4.69, 9.17) is 5.11 Å². The Bertz CT molecular complexity index is 422. The summed E-state index contributed by atoms with van der Waals surface area (Å²) in [5.41, 5.74) is 1.33. The van der Waals surface area contributed by atoms with Gasteiger partial charge < -0.3 is 15.3 Å². The molecule has 1 aromatic rings. The first-order valence-corrected chi connectivity index (χ1v) is 6.84. The van der Waals surface area contributed by atoms with E-state index in [-0.39, 0.29) is 0 Å². The second kappa shape index (κ2) is 6.06. The van der Waals surface area contributed by atoms with E-state index in [0.29, 0.717) is 17.5 Å². The summed E-state index contributed by atoms with van der Waals surface area (Å²) >= 11 is 0. The number of rotatable bonds is 4. The second-order valence-electron chi connectivity index (χ2n) is 5.46. The molecule has 4 heteroatoms. The molecule has 1 heterocycles. The fraction of sp³-hybridized carbons (Fsp3) is 0.533. The van der Waals surface area contributed by atoms with E-state index in [1.54, 1.807) is 12.1 Å². The maximum atomic E-state index is 10.8. The molecule has 1 aliphatic heterocycles. The number of hydrogen-bond donors (Lipinski definition) is 2. The van der Waals surface area contributed by atoms with Gasteiger partial charge in [-0.05, 0) is 70.1 Å². The van der Waals surface area contributed by atoms with Gasteiger partial charge in [-0.3, -0.25) is 0 Å². The van der Waals surface area contributed by atoms with Crippen LogP contribution in [0.25, 0.3) is 0 Å². The van der Waals surface area contributed by atoms with Gasteiger partial charge in [-0.2, -0.15) is 0 Å². The highest BCUT2D eigenvalue weighted by Crippen LogP contribution is 2.22. The van der Waals surface area contributed by atoms with Gasteiger partial charge in [0.05, 0.1) is 5.56 Å². The van der Waals surface area contributed by atoms with Crippen LogP contribution < -0.4 is 5.32 Å². The smallest absolute Gasteiger partial charge is 0.335 e. The summed E-state index contributed by atoms with van der Waals surface area (Å²) in [7, 11) is 2.17. The maximum absolute atomic E-state index is 10.8. The quantitative estimate of drug-likeness (QED) is 0.875. The number of likely N-dealkylation sites (tertiary alicyclic amines) is 1. The molecule has 4 nitrogen and oxygen atoms in total. The molecule has 2 rings (SSSR count). The number of carboxylic acid groups (broad SMARTS) is 1. The molecule has 0 amide bonds. The summed E-state index contributed by atoms with van der Waals surface area (Å²) in [5, 5.41) is 12.3. The fourth-order valence-corrected chi connectivity index (χ4v) is 2.62. The number of anilines is 1. The zero-order valence-electron chi connectivity index (χ0n) is 11.6. The molecule has 0 aromatic heterocycles. The number of benzene rings is 1. The third kappa shape index (κ3) is 3.70. The van der Waals surface area contributed by atoms with Crippen molar-refractivity contribution in [2.45, 2.75) is 25.8 Å². The molecular weight excluding hydrogens is 240 g/mol. The molecule has 104 valence electrons. The lowest BCUT2D eigenvalue weighted by atomic mass is 9.90. The van der Waals surface area contributed by atoms with Gasteiger partial charge >= 0.3 is 5.97 Å². The van der Waals surface area contributed by atoms with E-state index >= 15 is 0 Å².